The second kappa shape index (κ2) is 6.37. The van der Waals surface area contributed by atoms with Gasteiger partial charge in [0.15, 0.2) is 0 Å². The van der Waals surface area contributed by atoms with Gasteiger partial charge in [0.05, 0.1) is 0 Å². The highest BCUT2D eigenvalue weighted by molar-refractivity contribution is 5.16. The summed E-state index contributed by atoms with van der Waals surface area (Å²) in [7, 11) is 0. The summed E-state index contributed by atoms with van der Waals surface area (Å²) >= 11 is 0. The Labute approximate surface area is 99.6 Å². The first-order valence-electron chi connectivity index (χ1n) is 6.06. The summed E-state index contributed by atoms with van der Waals surface area (Å²) in [4.78, 5) is 0. The Morgan fingerprint density at radius 1 is 1.19 bits per heavy atom. The predicted octanol–water partition coefficient (Wildman–Crippen LogP) is 3.77. The average Bonchev–Trinajstić information content (AvgIpc) is 2.17. The Morgan fingerprint density at radius 3 is 2.38 bits per heavy atom. The second-order valence-electron chi connectivity index (χ2n) is 4.94. The predicted molar refractivity (Wildman–Crippen MR) is 71.3 cm³/mol. The first kappa shape index (κ1) is 12.8. The average molecular weight is 217 g/mol. The van der Waals surface area contributed by atoms with Crippen LogP contribution in [0.3, 0.4) is 0 Å². The summed E-state index contributed by atoms with van der Waals surface area (Å²) in [6, 6.07) is 11.0. The van der Waals surface area contributed by atoms with E-state index < -0.39 is 0 Å². The highest BCUT2D eigenvalue weighted by atomic mass is 14.9. The molecule has 1 N–H and O–H groups in total. The molecule has 0 saturated heterocycles. The summed E-state index contributed by atoms with van der Waals surface area (Å²) < 4.78 is 0. The van der Waals surface area contributed by atoms with E-state index in [-0.39, 0.29) is 0 Å². The van der Waals surface area contributed by atoms with Crippen molar-refractivity contribution < 1.29 is 0 Å². The van der Waals surface area contributed by atoms with Gasteiger partial charge in [0, 0.05) is 11.7 Å². The van der Waals surface area contributed by atoms with Crippen LogP contribution in [0.5, 0.6) is 0 Å². The van der Waals surface area contributed by atoms with Crippen molar-refractivity contribution in [1.29, 1.82) is 0 Å². The Bertz CT molecular complexity index is 313. The lowest BCUT2D eigenvalue weighted by Crippen LogP contribution is -2.27. The van der Waals surface area contributed by atoms with Crippen LogP contribution in [0.15, 0.2) is 42.6 Å². The van der Waals surface area contributed by atoms with E-state index in [1.165, 1.54) is 5.56 Å². The molecule has 1 heteroatoms. The van der Waals surface area contributed by atoms with E-state index in [0.717, 1.165) is 18.5 Å². The molecule has 0 spiro atoms. The topological polar surface area (TPSA) is 12.0 Å². The summed E-state index contributed by atoms with van der Waals surface area (Å²) in [6.45, 7) is 10.7. The number of benzene rings is 1. The van der Waals surface area contributed by atoms with Crippen LogP contribution in [0.2, 0.25) is 0 Å². The lowest BCUT2D eigenvalue weighted by atomic mass is 10.1. The maximum atomic E-state index is 4.07. The van der Waals surface area contributed by atoms with Gasteiger partial charge in [0.1, 0.15) is 0 Å². The minimum Gasteiger partial charge on any atom is -0.386 e. The third-order valence-electron chi connectivity index (χ3n) is 2.49. The number of nitrogens with one attached hydrogen (secondary N) is 1. The first-order chi connectivity index (χ1) is 7.58. The van der Waals surface area contributed by atoms with Crippen LogP contribution in [0.25, 0.3) is 0 Å². The zero-order valence-electron chi connectivity index (χ0n) is 10.7. The van der Waals surface area contributed by atoms with Crippen molar-refractivity contribution in [2.45, 2.75) is 39.7 Å². The zero-order valence-corrected chi connectivity index (χ0v) is 10.7. The molecule has 16 heavy (non-hydrogen) atoms. The second-order valence-corrected chi connectivity index (χ2v) is 4.94. The number of hydrogen-bond donors (Lipinski definition) is 1. The van der Waals surface area contributed by atoms with E-state index in [4.69, 9.17) is 0 Å². The van der Waals surface area contributed by atoms with E-state index in [2.05, 4.69) is 63.0 Å². The maximum absolute atomic E-state index is 4.07. The van der Waals surface area contributed by atoms with Crippen LogP contribution in [-0.4, -0.2) is 6.04 Å². The summed E-state index contributed by atoms with van der Waals surface area (Å²) in [6.07, 6.45) is 2.11. The van der Waals surface area contributed by atoms with E-state index in [1.807, 2.05) is 0 Å². The molecule has 1 atom stereocenters. The zero-order chi connectivity index (χ0) is 12.0. The van der Waals surface area contributed by atoms with Gasteiger partial charge in [-0.25, -0.2) is 0 Å². The fourth-order valence-corrected chi connectivity index (χ4v) is 1.92. The van der Waals surface area contributed by atoms with E-state index >= 15 is 0 Å². The number of rotatable bonds is 6. The molecule has 0 saturated carbocycles. The normalized spacial score (nSPS) is 12.5. The van der Waals surface area contributed by atoms with Crippen LogP contribution in [0.1, 0.15) is 32.8 Å². The summed E-state index contributed by atoms with van der Waals surface area (Å²) in [5.41, 5.74) is 2.53. The van der Waals surface area contributed by atoms with Gasteiger partial charge in [0.2, 0.25) is 0 Å². The molecule has 0 radical (unpaired) electrons. The molecular weight excluding hydrogens is 194 g/mol. The quantitative estimate of drug-likeness (QED) is 0.765. The van der Waals surface area contributed by atoms with Crippen molar-refractivity contribution in [3.05, 3.63) is 48.2 Å². The van der Waals surface area contributed by atoms with Gasteiger partial charge in [-0.15, -0.1) is 0 Å². The van der Waals surface area contributed by atoms with Gasteiger partial charge < -0.3 is 5.32 Å². The fourth-order valence-electron chi connectivity index (χ4n) is 1.92. The van der Waals surface area contributed by atoms with Gasteiger partial charge >= 0.3 is 0 Å². The molecule has 0 aliphatic rings. The minimum atomic E-state index is 0.452. The highest BCUT2D eigenvalue weighted by Gasteiger charge is 2.05. The van der Waals surface area contributed by atoms with Crippen LogP contribution < -0.4 is 5.32 Å². The van der Waals surface area contributed by atoms with E-state index in [1.54, 1.807) is 0 Å². The van der Waals surface area contributed by atoms with Gasteiger partial charge in [-0.05, 0) is 31.2 Å². The monoisotopic (exact) mass is 217 g/mol. The van der Waals surface area contributed by atoms with Gasteiger partial charge in [-0.3, -0.25) is 0 Å². The van der Waals surface area contributed by atoms with Crippen molar-refractivity contribution in [2.75, 3.05) is 0 Å². The lowest BCUT2D eigenvalue weighted by Gasteiger charge is -2.18. The Kier molecular flexibility index (Phi) is 5.10. The minimum absolute atomic E-state index is 0.452. The van der Waals surface area contributed by atoms with Gasteiger partial charge in [-0.1, -0.05) is 50.8 Å². The van der Waals surface area contributed by atoms with Crippen molar-refractivity contribution in [2.24, 2.45) is 5.92 Å². The first-order valence-corrected chi connectivity index (χ1v) is 6.06. The molecule has 1 unspecified atom stereocenters. The van der Waals surface area contributed by atoms with Gasteiger partial charge in [-0.2, -0.15) is 0 Å². The van der Waals surface area contributed by atoms with Crippen LogP contribution in [0, 0.1) is 5.92 Å². The van der Waals surface area contributed by atoms with Crippen LogP contribution >= 0.6 is 0 Å². The molecular formula is C15H23N. The highest BCUT2D eigenvalue weighted by Crippen LogP contribution is 2.08. The fraction of sp³-hybridized carbons (Fsp3) is 0.467. The molecule has 1 rings (SSSR count). The molecule has 0 aliphatic heterocycles. The molecule has 0 aromatic heterocycles. The van der Waals surface area contributed by atoms with E-state index in [0.29, 0.717) is 12.0 Å². The summed E-state index contributed by atoms with van der Waals surface area (Å²) in [5.74, 6) is 0.670. The van der Waals surface area contributed by atoms with Crippen LogP contribution in [0.4, 0.5) is 0 Å². The Morgan fingerprint density at radius 2 is 1.81 bits per heavy atom. The molecule has 0 bridgehead atoms. The molecule has 0 aliphatic carbocycles. The Balaban J connectivity index is 2.36. The molecule has 1 aromatic rings. The molecule has 1 nitrogen and oxygen atoms in total. The van der Waals surface area contributed by atoms with Crippen molar-refractivity contribution >= 4 is 0 Å². The molecule has 1 aromatic carbocycles. The maximum Gasteiger partial charge on any atom is 0.0270 e. The number of allylic oxidation sites excluding steroid dienone is 1. The third kappa shape index (κ3) is 5.01. The standard InChI is InChI=1S/C15H23N/c1-12(2)10-13(3)16-14(4)11-15-8-6-5-7-9-15/h5-9,12,14,16H,3,10-11H2,1-2,4H3. The molecule has 0 fully saturated rings. The van der Waals surface area contributed by atoms with Crippen LogP contribution in [-0.2, 0) is 6.42 Å². The van der Waals surface area contributed by atoms with Crippen molar-refractivity contribution in [3.8, 4) is 0 Å². The van der Waals surface area contributed by atoms with Crippen molar-refractivity contribution in [3.63, 3.8) is 0 Å². The number of hydrogen-bond acceptors (Lipinski definition) is 1. The Hall–Kier alpha value is -1.24. The van der Waals surface area contributed by atoms with Gasteiger partial charge in [0.25, 0.3) is 0 Å². The molecule has 0 amide bonds. The third-order valence-corrected chi connectivity index (χ3v) is 2.49. The van der Waals surface area contributed by atoms with Crippen molar-refractivity contribution in [1.82, 2.24) is 5.32 Å². The lowest BCUT2D eigenvalue weighted by molar-refractivity contribution is 0.548. The molecule has 0 heterocycles. The molecule has 88 valence electrons. The SMILES string of the molecule is C=C(CC(C)C)NC(C)Cc1ccccc1. The van der Waals surface area contributed by atoms with E-state index in [9.17, 15) is 0 Å². The summed E-state index contributed by atoms with van der Waals surface area (Å²) in [5, 5.41) is 3.47. The largest absolute Gasteiger partial charge is 0.386 e. The smallest absolute Gasteiger partial charge is 0.0270 e.